The summed E-state index contributed by atoms with van der Waals surface area (Å²) in [5.41, 5.74) is 0.305. The van der Waals surface area contributed by atoms with Crippen molar-refractivity contribution in [3.63, 3.8) is 0 Å². The lowest BCUT2D eigenvalue weighted by atomic mass is 10.1. The van der Waals surface area contributed by atoms with Gasteiger partial charge in [0.2, 0.25) is 5.91 Å². The number of rotatable bonds is 9. The van der Waals surface area contributed by atoms with Crippen molar-refractivity contribution in [1.82, 2.24) is 5.32 Å². The first-order chi connectivity index (χ1) is 20.5. The van der Waals surface area contributed by atoms with Gasteiger partial charge in [0, 0.05) is 21.2 Å². The van der Waals surface area contributed by atoms with Crippen LogP contribution in [0.5, 0.6) is 0 Å². The molecule has 4 rings (SSSR count). The van der Waals surface area contributed by atoms with Crippen molar-refractivity contribution in [2.45, 2.75) is 11.1 Å². The third-order valence-electron chi connectivity index (χ3n) is 5.74. The summed E-state index contributed by atoms with van der Waals surface area (Å²) in [4.78, 5) is 39.0. The Balaban J connectivity index is 1.40. The Bertz CT molecular complexity index is 1660. The molecule has 0 atom stereocenters. The largest absolute Gasteiger partial charge is 0.416 e. The van der Waals surface area contributed by atoms with E-state index in [4.69, 9.17) is 23.2 Å². The Morgan fingerprint density at radius 3 is 2.21 bits per heavy atom. The molecule has 4 aromatic carbocycles. The number of carbonyl (C=O) groups excluding carboxylic acids is 3. The lowest BCUT2D eigenvalue weighted by Crippen LogP contribution is -2.30. The summed E-state index contributed by atoms with van der Waals surface area (Å²) in [5, 5.41) is 8.22. The number of nitrogens with one attached hydrogen (secondary N) is 3. The second-order valence-corrected chi connectivity index (χ2v) is 10.8. The van der Waals surface area contributed by atoms with Crippen LogP contribution >= 0.6 is 35.0 Å². The highest BCUT2D eigenvalue weighted by Gasteiger charge is 2.31. The molecule has 3 N–H and O–H groups in total. The van der Waals surface area contributed by atoms with E-state index in [0.29, 0.717) is 26.7 Å². The zero-order chi connectivity index (χ0) is 31.0. The molecule has 0 spiro atoms. The van der Waals surface area contributed by atoms with Gasteiger partial charge in [-0.25, -0.2) is 0 Å². The van der Waals surface area contributed by atoms with Gasteiger partial charge in [-0.3, -0.25) is 14.4 Å². The van der Waals surface area contributed by atoms with Gasteiger partial charge in [-0.2, -0.15) is 13.2 Å². The molecule has 0 aliphatic rings. The smallest absolute Gasteiger partial charge is 0.324 e. The number of carbonyl (C=O) groups is 3. The quantitative estimate of drug-likeness (QED) is 0.127. The van der Waals surface area contributed by atoms with Crippen LogP contribution in [0.3, 0.4) is 0 Å². The van der Waals surface area contributed by atoms with Gasteiger partial charge in [-0.15, -0.1) is 11.8 Å². The van der Waals surface area contributed by atoms with Gasteiger partial charge < -0.3 is 16.0 Å². The molecule has 12 heteroatoms. The van der Waals surface area contributed by atoms with E-state index in [1.54, 1.807) is 78.9 Å². The Morgan fingerprint density at radius 2 is 1.53 bits per heavy atom. The SMILES string of the molecule is O=C(CSc1ccc(NC(=O)/C(=C/c2cccc(Cl)c2)NC(=O)c2ccccc2)cc1)Nc1cc(C(F)(F)F)ccc1Cl. The third-order valence-corrected chi connectivity index (χ3v) is 7.32. The second-order valence-electron chi connectivity index (χ2n) is 8.94. The summed E-state index contributed by atoms with van der Waals surface area (Å²) in [6.45, 7) is 0. The summed E-state index contributed by atoms with van der Waals surface area (Å²) >= 11 is 13.2. The van der Waals surface area contributed by atoms with Gasteiger partial charge >= 0.3 is 6.18 Å². The van der Waals surface area contributed by atoms with Gasteiger partial charge in [-0.05, 0) is 78.4 Å². The Hall–Kier alpha value is -4.25. The fraction of sp³-hybridized carbons (Fsp3) is 0.0645. The van der Waals surface area contributed by atoms with E-state index in [2.05, 4.69) is 16.0 Å². The molecule has 43 heavy (non-hydrogen) atoms. The molecule has 0 aliphatic carbocycles. The third kappa shape index (κ3) is 9.37. The summed E-state index contributed by atoms with van der Waals surface area (Å²) in [6, 6.07) is 24.4. The number of hydrogen-bond acceptors (Lipinski definition) is 4. The molecule has 0 saturated carbocycles. The van der Waals surface area contributed by atoms with E-state index in [1.807, 2.05) is 0 Å². The number of amides is 3. The Labute approximate surface area is 259 Å². The molecule has 0 bridgehead atoms. The monoisotopic (exact) mass is 643 g/mol. The molecular formula is C31H22Cl2F3N3O3S. The number of thioether (sulfide) groups is 1. The fourth-order valence-corrected chi connectivity index (χ4v) is 4.73. The number of alkyl halides is 3. The minimum atomic E-state index is -4.57. The van der Waals surface area contributed by atoms with E-state index in [-0.39, 0.29) is 22.2 Å². The van der Waals surface area contributed by atoms with Crippen molar-refractivity contribution in [2.24, 2.45) is 0 Å². The second kappa shape index (κ2) is 14.3. The molecule has 3 amide bonds. The highest BCUT2D eigenvalue weighted by atomic mass is 35.5. The lowest BCUT2D eigenvalue weighted by Gasteiger charge is -2.12. The van der Waals surface area contributed by atoms with E-state index in [1.165, 1.54) is 6.08 Å². The average Bonchev–Trinajstić information content (AvgIpc) is 2.97. The van der Waals surface area contributed by atoms with Crippen LogP contribution in [-0.4, -0.2) is 23.5 Å². The number of anilines is 2. The molecule has 0 fully saturated rings. The molecule has 0 unspecified atom stereocenters. The van der Waals surface area contributed by atoms with Crippen LogP contribution in [-0.2, 0) is 15.8 Å². The first-order valence-electron chi connectivity index (χ1n) is 12.5. The number of benzene rings is 4. The van der Waals surface area contributed by atoms with Gasteiger partial charge in [0.1, 0.15) is 5.70 Å². The lowest BCUT2D eigenvalue weighted by molar-refractivity contribution is -0.137. The summed E-state index contributed by atoms with van der Waals surface area (Å²) in [6.07, 6.45) is -3.07. The highest BCUT2D eigenvalue weighted by molar-refractivity contribution is 8.00. The maximum Gasteiger partial charge on any atom is 0.416 e. The first-order valence-corrected chi connectivity index (χ1v) is 14.3. The van der Waals surface area contributed by atoms with Gasteiger partial charge in [0.05, 0.1) is 22.0 Å². The minimum Gasteiger partial charge on any atom is -0.324 e. The molecule has 0 saturated heterocycles. The maximum atomic E-state index is 13.2. The summed E-state index contributed by atoms with van der Waals surface area (Å²) in [5.74, 6) is -1.70. The van der Waals surface area contributed by atoms with Crippen LogP contribution < -0.4 is 16.0 Å². The van der Waals surface area contributed by atoms with Crippen molar-refractivity contribution in [3.8, 4) is 0 Å². The molecule has 4 aromatic rings. The summed E-state index contributed by atoms with van der Waals surface area (Å²) in [7, 11) is 0. The molecule has 0 heterocycles. The predicted molar refractivity (Wildman–Crippen MR) is 164 cm³/mol. The summed E-state index contributed by atoms with van der Waals surface area (Å²) < 4.78 is 39.0. The normalized spacial score (nSPS) is 11.5. The van der Waals surface area contributed by atoms with E-state index >= 15 is 0 Å². The standard InChI is InChI=1S/C31H22Cl2F3N3O3S/c32-22-8-4-5-19(15-22)16-27(39-29(41)20-6-2-1-3-7-20)30(42)37-23-10-12-24(13-11-23)43-18-28(40)38-26-17-21(31(34,35)36)9-14-25(26)33/h1-17H,18H2,(H,37,42)(H,38,40)(H,39,41)/b27-16-. The molecule has 0 aromatic heterocycles. The average molecular weight is 645 g/mol. The van der Waals surface area contributed by atoms with Crippen LogP contribution in [0.2, 0.25) is 10.0 Å². The minimum absolute atomic E-state index is 0.0144. The van der Waals surface area contributed by atoms with Crippen LogP contribution in [0.15, 0.2) is 108 Å². The van der Waals surface area contributed by atoms with E-state index < -0.39 is 29.5 Å². The Kier molecular flexibility index (Phi) is 10.5. The molecule has 0 radical (unpaired) electrons. The molecular weight excluding hydrogens is 622 g/mol. The molecule has 0 aliphatic heterocycles. The van der Waals surface area contributed by atoms with Crippen LogP contribution in [0.4, 0.5) is 24.5 Å². The molecule has 220 valence electrons. The van der Waals surface area contributed by atoms with Crippen LogP contribution in [0.25, 0.3) is 6.08 Å². The Morgan fingerprint density at radius 1 is 0.814 bits per heavy atom. The van der Waals surface area contributed by atoms with E-state index in [0.717, 1.165) is 30.0 Å². The van der Waals surface area contributed by atoms with Gasteiger partial charge in [-0.1, -0.05) is 53.5 Å². The zero-order valence-electron chi connectivity index (χ0n) is 22.0. The zero-order valence-corrected chi connectivity index (χ0v) is 24.4. The van der Waals surface area contributed by atoms with Crippen molar-refractivity contribution in [1.29, 1.82) is 0 Å². The van der Waals surface area contributed by atoms with Gasteiger partial charge in [0.25, 0.3) is 11.8 Å². The van der Waals surface area contributed by atoms with Crippen molar-refractivity contribution >= 4 is 70.1 Å². The number of hydrogen-bond donors (Lipinski definition) is 3. The predicted octanol–water partition coefficient (Wildman–Crippen LogP) is 8.15. The van der Waals surface area contributed by atoms with Crippen molar-refractivity contribution < 1.29 is 27.6 Å². The fourth-order valence-electron chi connectivity index (χ4n) is 3.67. The van der Waals surface area contributed by atoms with Crippen molar-refractivity contribution in [2.75, 3.05) is 16.4 Å². The molecule has 6 nitrogen and oxygen atoms in total. The van der Waals surface area contributed by atoms with Crippen LogP contribution in [0, 0.1) is 0 Å². The van der Waals surface area contributed by atoms with Gasteiger partial charge in [0.15, 0.2) is 0 Å². The number of halogens is 5. The van der Waals surface area contributed by atoms with Crippen molar-refractivity contribution in [3.05, 3.63) is 129 Å². The van der Waals surface area contributed by atoms with Crippen LogP contribution in [0.1, 0.15) is 21.5 Å². The highest BCUT2D eigenvalue weighted by Crippen LogP contribution is 2.34. The first kappa shape index (κ1) is 31.7. The maximum absolute atomic E-state index is 13.2. The van der Waals surface area contributed by atoms with E-state index in [9.17, 15) is 27.6 Å². The topological polar surface area (TPSA) is 87.3 Å².